The maximum Gasteiger partial charge on any atom is 2.00 e. The van der Waals surface area contributed by atoms with Gasteiger partial charge in [-0.25, -0.2) is 0 Å². The van der Waals surface area contributed by atoms with Gasteiger partial charge in [0.1, 0.15) is 0 Å². The van der Waals surface area contributed by atoms with Crippen molar-refractivity contribution in [3.8, 4) is 12.8 Å². The van der Waals surface area contributed by atoms with Crippen LogP contribution in [0.15, 0.2) is 0 Å². The van der Waals surface area contributed by atoms with Gasteiger partial charge in [0, 0.05) is 0 Å². The SMILES string of the molecule is [C-]#C.[C-]#C.[Ca+2]. The minimum absolute atomic E-state index is 0. The third-order valence-electron chi connectivity index (χ3n) is 0. The molecule has 5 heavy (non-hydrogen) atoms. The van der Waals surface area contributed by atoms with E-state index in [0.717, 1.165) is 0 Å². The quantitative estimate of drug-likeness (QED) is 0.224. The molecule has 0 aromatic heterocycles. The number of rotatable bonds is 0. The van der Waals surface area contributed by atoms with Crippen LogP contribution in [-0.2, 0) is 0 Å². The van der Waals surface area contributed by atoms with Gasteiger partial charge in [0.25, 0.3) is 0 Å². The Balaban J connectivity index is -0.0000000133. The number of hydrogen-bond donors (Lipinski definition) is 0. The number of terminal acetylenes is 2. The fraction of sp³-hybridized carbons (Fsp3) is 0. The third kappa shape index (κ3) is 172. The molecule has 0 radical (unpaired) electrons. The maximum absolute atomic E-state index is 5.25. The van der Waals surface area contributed by atoms with Crippen molar-refractivity contribution in [1.29, 1.82) is 0 Å². The Morgan fingerprint density at radius 1 is 0.800 bits per heavy atom. The molecule has 0 aliphatic rings. The largest absolute Gasteiger partial charge is 2.00 e. The molecule has 0 aromatic carbocycles. The predicted molar refractivity (Wildman–Crippen MR) is 22.1 cm³/mol. The molecule has 0 amide bonds. The summed E-state index contributed by atoms with van der Waals surface area (Å²) in [6.07, 6.45) is 18.0. The Morgan fingerprint density at radius 3 is 0.800 bits per heavy atom. The van der Waals surface area contributed by atoms with Crippen molar-refractivity contribution in [1.82, 2.24) is 0 Å². The molecule has 0 rings (SSSR count). The Morgan fingerprint density at radius 2 is 0.800 bits per heavy atom. The van der Waals surface area contributed by atoms with E-state index in [1.165, 1.54) is 0 Å². The third-order valence-corrected chi connectivity index (χ3v) is 0. The van der Waals surface area contributed by atoms with Gasteiger partial charge in [0.05, 0.1) is 0 Å². The molecule has 0 aliphatic heterocycles. The van der Waals surface area contributed by atoms with Crippen molar-refractivity contribution in [2.24, 2.45) is 0 Å². The summed E-state index contributed by atoms with van der Waals surface area (Å²) in [6.45, 7) is 0. The van der Waals surface area contributed by atoms with Gasteiger partial charge in [-0.1, -0.05) is 0 Å². The second-order valence-electron chi connectivity index (χ2n) is 0. The van der Waals surface area contributed by atoms with E-state index in [-0.39, 0.29) is 37.7 Å². The van der Waals surface area contributed by atoms with E-state index in [2.05, 4.69) is 12.8 Å². The molecule has 0 fully saturated rings. The predicted octanol–water partition coefficient (Wildman–Crippen LogP) is 0.0312. The fourth-order valence-electron chi connectivity index (χ4n) is 0. The standard InChI is InChI=1S/2C2H.Ca/c2*1-2;/h2*1H;/q2*-1;+2. The van der Waals surface area contributed by atoms with Crippen LogP contribution in [0, 0.1) is 25.7 Å². The van der Waals surface area contributed by atoms with Crippen LogP contribution in [0.4, 0.5) is 0 Å². The van der Waals surface area contributed by atoms with Crippen LogP contribution in [0.2, 0.25) is 0 Å². The summed E-state index contributed by atoms with van der Waals surface area (Å²) >= 11 is 0. The average Bonchev–Trinajstić information content (AvgIpc) is 1.50. The smallest absolute Gasteiger partial charge is 0.697 e. The van der Waals surface area contributed by atoms with Gasteiger partial charge in [-0.3, -0.25) is 0 Å². The van der Waals surface area contributed by atoms with Crippen LogP contribution in [0.5, 0.6) is 0 Å². The zero-order valence-corrected chi connectivity index (χ0v) is 5.07. The molecule has 1 heteroatoms. The topological polar surface area (TPSA) is 0 Å². The molecular formula is C4H2Ca. The molecule has 0 nitrogen and oxygen atoms in total. The Hall–Kier alpha value is 0.380. The van der Waals surface area contributed by atoms with E-state index in [1.807, 2.05) is 0 Å². The van der Waals surface area contributed by atoms with E-state index in [1.54, 1.807) is 0 Å². The molecule has 0 aliphatic carbocycles. The monoisotopic (exact) mass is 90.0 g/mol. The van der Waals surface area contributed by atoms with Gasteiger partial charge >= 0.3 is 37.7 Å². The normalized spacial score (nSPS) is 0.800. The van der Waals surface area contributed by atoms with Crippen LogP contribution in [-0.4, -0.2) is 37.7 Å². The van der Waals surface area contributed by atoms with Crippen molar-refractivity contribution in [2.75, 3.05) is 0 Å². The fourth-order valence-corrected chi connectivity index (χ4v) is 0. The molecule has 0 bridgehead atoms. The summed E-state index contributed by atoms with van der Waals surface area (Å²) in [4.78, 5) is 0. The van der Waals surface area contributed by atoms with Gasteiger partial charge in [-0.2, -0.15) is 0 Å². The van der Waals surface area contributed by atoms with Crippen molar-refractivity contribution >= 4 is 37.7 Å². The van der Waals surface area contributed by atoms with E-state index in [0.29, 0.717) is 0 Å². The Kier molecular flexibility index (Phi) is 1260. The first-order valence-electron chi connectivity index (χ1n) is 0.577. The molecule has 0 atom stereocenters. The van der Waals surface area contributed by atoms with Crippen molar-refractivity contribution in [3.63, 3.8) is 0 Å². The summed E-state index contributed by atoms with van der Waals surface area (Å²) in [5.41, 5.74) is 0. The Bertz CT molecular complexity index is 19.1. The van der Waals surface area contributed by atoms with Crippen LogP contribution in [0.3, 0.4) is 0 Å². The average molecular weight is 90.1 g/mol. The molecule has 0 N–H and O–H groups in total. The number of hydrogen-bond acceptors (Lipinski definition) is 0. The molecule has 0 heterocycles. The molecular weight excluding hydrogens is 88.1 g/mol. The molecule has 0 spiro atoms. The Labute approximate surface area is 63.0 Å². The summed E-state index contributed by atoms with van der Waals surface area (Å²) in [7, 11) is 0. The first-order chi connectivity index (χ1) is 2.00. The first-order valence-corrected chi connectivity index (χ1v) is 0.577. The van der Waals surface area contributed by atoms with E-state index < -0.39 is 0 Å². The van der Waals surface area contributed by atoms with Crippen molar-refractivity contribution < 1.29 is 0 Å². The van der Waals surface area contributed by atoms with Gasteiger partial charge in [-0.15, -0.1) is 0 Å². The van der Waals surface area contributed by atoms with Crippen molar-refractivity contribution in [2.45, 2.75) is 0 Å². The summed E-state index contributed by atoms with van der Waals surface area (Å²) in [6, 6.07) is 0. The van der Waals surface area contributed by atoms with E-state index >= 15 is 0 Å². The van der Waals surface area contributed by atoms with E-state index in [9.17, 15) is 0 Å². The minimum atomic E-state index is 0. The summed E-state index contributed by atoms with van der Waals surface area (Å²) in [5, 5.41) is 0. The molecule has 0 saturated carbocycles. The van der Waals surface area contributed by atoms with Gasteiger partial charge in [0.2, 0.25) is 0 Å². The molecule has 0 aromatic rings. The zero-order valence-electron chi connectivity index (χ0n) is 2.86. The summed E-state index contributed by atoms with van der Waals surface area (Å²) < 4.78 is 0. The van der Waals surface area contributed by atoms with Crippen LogP contribution in [0.25, 0.3) is 0 Å². The van der Waals surface area contributed by atoms with Crippen molar-refractivity contribution in [3.05, 3.63) is 12.8 Å². The molecule has 0 saturated heterocycles. The minimum Gasteiger partial charge on any atom is -0.697 e. The zero-order chi connectivity index (χ0) is 4.00. The second-order valence-corrected chi connectivity index (χ2v) is 0. The molecule has 0 unspecified atom stereocenters. The summed E-state index contributed by atoms with van der Waals surface area (Å²) in [5.74, 6) is 0. The van der Waals surface area contributed by atoms with Gasteiger partial charge in [0.15, 0.2) is 0 Å². The second kappa shape index (κ2) is 347. The van der Waals surface area contributed by atoms with Crippen LogP contribution >= 0.6 is 0 Å². The first kappa shape index (κ1) is 18.2. The van der Waals surface area contributed by atoms with Gasteiger partial charge < -0.3 is 25.7 Å². The van der Waals surface area contributed by atoms with Crippen LogP contribution in [0.1, 0.15) is 0 Å². The van der Waals surface area contributed by atoms with Crippen LogP contribution < -0.4 is 0 Å². The molecule has 20 valence electrons. The van der Waals surface area contributed by atoms with Gasteiger partial charge in [-0.05, 0) is 0 Å². The maximum atomic E-state index is 5.25. The van der Waals surface area contributed by atoms with E-state index in [4.69, 9.17) is 12.8 Å².